The second-order valence-electron chi connectivity index (χ2n) is 6.36. The lowest BCUT2D eigenvalue weighted by Crippen LogP contribution is -2.45. The van der Waals surface area contributed by atoms with E-state index in [1.807, 2.05) is 30.3 Å². The molecule has 0 heterocycles. The molecule has 0 radical (unpaired) electrons. The van der Waals surface area contributed by atoms with Gasteiger partial charge in [-0.05, 0) is 31.0 Å². The fourth-order valence-corrected chi connectivity index (χ4v) is 3.19. The molecule has 0 saturated carbocycles. The summed E-state index contributed by atoms with van der Waals surface area (Å²) in [6.07, 6.45) is 1.65. The number of nitrogens with one attached hydrogen (secondary N) is 1. The van der Waals surface area contributed by atoms with E-state index in [-0.39, 0.29) is 27.8 Å². The molecule has 0 aliphatic carbocycles. The Labute approximate surface area is 178 Å². The standard InChI is InChI=1S/C20H23Cl2N3O4/c21-14-11-13(17(26)16(22)18(14)29-9-5-4-8-23)20(28)25-15(19(24)27)10-12-6-2-1-3-7-12/h1-3,6-7,11,15,26H,4-5,8-10,23H2,(H2,24,27)(H,25,28). The molecule has 29 heavy (non-hydrogen) atoms. The number of nitrogens with two attached hydrogens (primary N) is 2. The van der Waals surface area contributed by atoms with E-state index in [0.717, 1.165) is 12.0 Å². The van der Waals surface area contributed by atoms with E-state index < -0.39 is 23.6 Å². The molecule has 2 aromatic rings. The summed E-state index contributed by atoms with van der Waals surface area (Å²) >= 11 is 12.3. The molecule has 2 aromatic carbocycles. The lowest BCUT2D eigenvalue weighted by atomic mass is 10.0. The van der Waals surface area contributed by atoms with Crippen molar-refractivity contribution in [3.8, 4) is 11.5 Å². The van der Waals surface area contributed by atoms with Crippen LogP contribution in [0.15, 0.2) is 36.4 Å². The number of halogens is 2. The number of aromatic hydroxyl groups is 1. The predicted molar refractivity (Wildman–Crippen MR) is 113 cm³/mol. The zero-order valence-corrected chi connectivity index (χ0v) is 17.2. The number of ether oxygens (including phenoxy) is 1. The topological polar surface area (TPSA) is 128 Å². The number of benzene rings is 2. The van der Waals surface area contributed by atoms with Crippen LogP contribution in [0.3, 0.4) is 0 Å². The lowest BCUT2D eigenvalue weighted by molar-refractivity contribution is -0.119. The minimum absolute atomic E-state index is 0.0596. The van der Waals surface area contributed by atoms with E-state index in [0.29, 0.717) is 19.6 Å². The molecule has 0 saturated heterocycles. The van der Waals surface area contributed by atoms with Gasteiger partial charge in [0.2, 0.25) is 5.91 Å². The van der Waals surface area contributed by atoms with Crippen LogP contribution >= 0.6 is 23.2 Å². The molecule has 0 fully saturated rings. The number of phenolic OH excluding ortho intramolecular Hbond substituents is 1. The molecule has 0 bridgehead atoms. The van der Waals surface area contributed by atoms with Crippen molar-refractivity contribution in [2.45, 2.75) is 25.3 Å². The molecular weight excluding hydrogens is 417 g/mol. The van der Waals surface area contributed by atoms with Crippen molar-refractivity contribution in [1.29, 1.82) is 0 Å². The fraction of sp³-hybridized carbons (Fsp3) is 0.300. The Morgan fingerprint density at radius 1 is 1.17 bits per heavy atom. The van der Waals surface area contributed by atoms with Gasteiger partial charge in [-0.25, -0.2) is 0 Å². The Balaban J connectivity index is 2.17. The molecule has 0 spiro atoms. The Hall–Kier alpha value is -2.48. The molecule has 6 N–H and O–H groups in total. The van der Waals surface area contributed by atoms with Crippen LogP contribution in [0.4, 0.5) is 0 Å². The second kappa shape index (κ2) is 10.9. The van der Waals surface area contributed by atoms with E-state index in [2.05, 4.69) is 5.32 Å². The molecule has 0 aromatic heterocycles. The van der Waals surface area contributed by atoms with Gasteiger partial charge in [-0.15, -0.1) is 0 Å². The number of hydrogen-bond acceptors (Lipinski definition) is 5. The molecule has 9 heteroatoms. The molecule has 2 amide bonds. The van der Waals surface area contributed by atoms with Crippen molar-refractivity contribution in [2.75, 3.05) is 13.2 Å². The van der Waals surface area contributed by atoms with Crippen LogP contribution in [-0.4, -0.2) is 36.1 Å². The molecule has 156 valence electrons. The van der Waals surface area contributed by atoms with Gasteiger partial charge in [0, 0.05) is 6.42 Å². The monoisotopic (exact) mass is 439 g/mol. The Bertz CT molecular complexity index is 863. The maximum Gasteiger partial charge on any atom is 0.255 e. The normalized spacial score (nSPS) is 11.7. The van der Waals surface area contributed by atoms with E-state index >= 15 is 0 Å². The summed E-state index contributed by atoms with van der Waals surface area (Å²) in [7, 11) is 0. The van der Waals surface area contributed by atoms with Gasteiger partial charge in [-0.1, -0.05) is 53.5 Å². The summed E-state index contributed by atoms with van der Waals surface area (Å²) in [6.45, 7) is 0.835. The molecule has 0 aliphatic rings. The molecule has 0 aliphatic heterocycles. The van der Waals surface area contributed by atoms with Crippen LogP contribution in [0.1, 0.15) is 28.8 Å². The van der Waals surface area contributed by atoms with Gasteiger partial charge in [0.15, 0.2) is 11.5 Å². The van der Waals surface area contributed by atoms with Crippen molar-refractivity contribution >= 4 is 35.0 Å². The predicted octanol–water partition coefficient (Wildman–Crippen LogP) is 2.64. The van der Waals surface area contributed by atoms with Crippen molar-refractivity contribution in [3.63, 3.8) is 0 Å². The fourth-order valence-electron chi connectivity index (χ4n) is 2.63. The molecule has 7 nitrogen and oxygen atoms in total. The third kappa shape index (κ3) is 6.25. The van der Waals surface area contributed by atoms with Crippen molar-refractivity contribution in [2.24, 2.45) is 11.5 Å². The average Bonchev–Trinajstić information content (AvgIpc) is 2.70. The number of unbranched alkanes of at least 4 members (excludes halogenated alkanes) is 1. The van der Waals surface area contributed by atoms with Gasteiger partial charge in [0.05, 0.1) is 17.2 Å². The highest BCUT2D eigenvalue weighted by Crippen LogP contribution is 2.42. The van der Waals surface area contributed by atoms with Crippen LogP contribution in [0.2, 0.25) is 10.0 Å². The van der Waals surface area contributed by atoms with Crippen molar-refractivity contribution in [3.05, 3.63) is 57.6 Å². The summed E-state index contributed by atoms with van der Waals surface area (Å²) in [5, 5.41) is 12.7. The number of phenols is 1. The minimum Gasteiger partial charge on any atom is -0.505 e. The summed E-state index contributed by atoms with van der Waals surface area (Å²) in [4.78, 5) is 24.4. The molecule has 1 unspecified atom stereocenters. The smallest absolute Gasteiger partial charge is 0.255 e. The number of amides is 2. The second-order valence-corrected chi connectivity index (χ2v) is 7.15. The summed E-state index contributed by atoms with van der Waals surface area (Å²) in [5.41, 5.74) is 11.5. The van der Waals surface area contributed by atoms with E-state index in [1.165, 1.54) is 6.07 Å². The van der Waals surface area contributed by atoms with Crippen LogP contribution in [0.5, 0.6) is 11.5 Å². The number of carbonyl (C=O) groups is 2. The SMILES string of the molecule is NCCCCOc1c(Cl)cc(C(=O)NC(Cc2ccccc2)C(N)=O)c(O)c1Cl. The van der Waals surface area contributed by atoms with Crippen LogP contribution < -0.4 is 21.5 Å². The Morgan fingerprint density at radius 3 is 2.48 bits per heavy atom. The van der Waals surface area contributed by atoms with Gasteiger partial charge in [-0.3, -0.25) is 9.59 Å². The van der Waals surface area contributed by atoms with Gasteiger partial charge in [-0.2, -0.15) is 0 Å². The Morgan fingerprint density at radius 2 is 1.86 bits per heavy atom. The first-order chi connectivity index (χ1) is 13.8. The summed E-state index contributed by atoms with van der Waals surface area (Å²) in [6, 6.07) is 9.34. The average molecular weight is 440 g/mol. The van der Waals surface area contributed by atoms with Crippen LogP contribution in [-0.2, 0) is 11.2 Å². The highest BCUT2D eigenvalue weighted by Gasteiger charge is 2.25. The lowest BCUT2D eigenvalue weighted by Gasteiger charge is -2.18. The number of primary amides is 1. The third-order valence-corrected chi connectivity index (χ3v) is 4.80. The first-order valence-electron chi connectivity index (χ1n) is 9.03. The molecule has 1 atom stereocenters. The Kier molecular flexibility index (Phi) is 8.57. The quantitative estimate of drug-likeness (QED) is 0.423. The van der Waals surface area contributed by atoms with E-state index in [4.69, 9.17) is 39.4 Å². The highest BCUT2D eigenvalue weighted by atomic mass is 35.5. The minimum atomic E-state index is -0.978. The van der Waals surface area contributed by atoms with Crippen molar-refractivity contribution < 1.29 is 19.4 Å². The maximum absolute atomic E-state index is 12.6. The van der Waals surface area contributed by atoms with Gasteiger partial charge >= 0.3 is 0 Å². The van der Waals surface area contributed by atoms with Gasteiger partial charge in [0.1, 0.15) is 11.1 Å². The zero-order chi connectivity index (χ0) is 21.4. The first-order valence-corrected chi connectivity index (χ1v) is 9.78. The van der Waals surface area contributed by atoms with E-state index in [9.17, 15) is 14.7 Å². The number of rotatable bonds is 10. The van der Waals surface area contributed by atoms with Crippen molar-refractivity contribution in [1.82, 2.24) is 5.32 Å². The van der Waals surface area contributed by atoms with Crippen LogP contribution in [0, 0.1) is 0 Å². The van der Waals surface area contributed by atoms with Gasteiger partial charge in [0.25, 0.3) is 5.91 Å². The number of hydrogen-bond donors (Lipinski definition) is 4. The maximum atomic E-state index is 12.6. The summed E-state index contributed by atoms with van der Waals surface area (Å²) < 4.78 is 5.50. The van der Waals surface area contributed by atoms with E-state index in [1.54, 1.807) is 0 Å². The van der Waals surface area contributed by atoms with Gasteiger partial charge < -0.3 is 26.6 Å². The number of carbonyl (C=O) groups excluding carboxylic acids is 2. The summed E-state index contributed by atoms with van der Waals surface area (Å²) in [5.74, 6) is -1.86. The first kappa shape index (κ1) is 22.8. The molecule has 2 rings (SSSR count). The van der Waals surface area contributed by atoms with Crippen LogP contribution in [0.25, 0.3) is 0 Å². The third-order valence-electron chi connectivity index (χ3n) is 4.17. The largest absolute Gasteiger partial charge is 0.505 e. The zero-order valence-electron chi connectivity index (χ0n) is 15.7. The molecular formula is C20H23Cl2N3O4. The highest BCUT2D eigenvalue weighted by molar-refractivity contribution is 6.39.